The monoisotopic (exact) mass is 437 g/mol. The van der Waals surface area contributed by atoms with Crippen molar-refractivity contribution >= 4 is 39.9 Å². The molecule has 4 aromatic rings. The molecule has 0 aliphatic heterocycles. The van der Waals surface area contributed by atoms with Gasteiger partial charge in [-0.2, -0.15) is 5.10 Å². The van der Waals surface area contributed by atoms with Gasteiger partial charge >= 0.3 is 0 Å². The molecule has 0 bridgehead atoms. The van der Waals surface area contributed by atoms with E-state index in [-0.39, 0.29) is 28.7 Å². The molecule has 2 N–H and O–H groups in total. The number of anilines is 1. The highest BCUT2D eigenvalue weighted by atomic mass is 35.5. The van der Waals surface area contributed by atoms with E-state index >= 15 is 0 Å². The van der Waals surface area contributed by atoms with Gasteiger partial charge in [0.25, 0.3) is 6.43 Å². The van der Waals surface area contributed by atoms with E-state index in [2.05, 4.69) is 20.5 Å². The third kappa shape index (κ3) is 2.90. The van der Waals surface area contributed by atoms with Gasteiger partial charge < -0.3 is 9.72 Å². The van der Waals surface area contributed by atoms with Gasteiger partial charge in [-0.05, 0) is 18.6 Å². The lowest BCUT2D eigenvalue weighted by atomic mass is 10.00. The fraction of sp³-hybridized carbons (Fsp3) is 0.211. The fourth-order valence-corrected chi connectivity index (χ4v) is 3.79. The molecular formula is C19H12ClF4N5O. The van der Waals surface area contributed by atoms with Crippen molar-refractivity contribution < 1.29 is 22.4 Å². The van der Waals surface area contributed by atoms with Crippen molar-refractivity contribution in [3.63, 3.8) is 0 Å². The fourth-order valence-electron chi connectivity index (χ4n) is 3.48. The van der Waals surface area contributed by atoms with E-state index in [0.717, 1.165) is 0 Å². The molecule has 6 nitrogen and oxygen atoms in total. The smallest absolute Gasteiger partial charge is 0.268 e. The number of benzene rings is 1. The second kappa shape index (κ2) is 6.69. The van der Waals surface area contributed by atoms with E-state index in [9.17, 15) is 22.4 Å². The summed E-state index contributed by atoms with van der Waals surface area (Å²) in [6.45, 7) is 0. The average Bonchev–Trinajstić information content (AvgIpc) is 3.08. The molecule has 1 amide bonds. The molecule has 1 fully saturated rings. The molecule has 1 saturated carbocycles. The number of hydrogen-bond acceptors (Lipinski definition) is 3. The molecule has 11 heteroatoms. The number of aromatic nitrogens is 4. The standard InChI is InChI=1S/C19H12ClF4N5O/c20-15-13(9-4-25-28-17(9)14(16(15)22)18(23)24)7-1-2-12-26-11(6-29(12)5-7)27-19(30)8-3-10(8)21/h1-2,4-6,8,10,18H,3H2,(H,25,28)(H,27,30)/t8-,10+/m1/s1. The summed E-state index contributed by atoms with van der Waals surface area (Å²) in [7, 11) is 0. The first kappa shape index (κ1) is 18.9. The summed E-state index contributed by atoms with van der Waals surface area (Å²) in [6.07, 6.45) is 0.382. The number of aromatic amines is 1. The minimum atomic E-state index is -3.07. The van der Waals surface area contributed by atoms with Crippen LogP contribution >= 0.6 is 11.6 Å². The van der Waals surface area contributed by atoms with Crippen molar-refractivity contribution in [3.05, 3.63) is 47.1 Å². The zero-order valence-electron chi connectivity index (χ0n) is 15.0. The Labute approximate surface area is 170 Å². The Balaban J connectivity index is 1.59. The van der Waals surface area contributed by atoms with Crippen molar-refractivity contribution in [2.24, 2.45) is 5.92 Å². The minimum Gasteiger partial charge on any atom is -0.309 e. The molecule has 5 rings (SSSR count). The highest BCUT2D eigenvalue weighted by Crippen LogP contribution is 2.42. The van der Waals surface area contributed by atoms with Crippen LogP contribution in [0.3, 0.4) is 0 Å². The van der Waals surface area contributed by atoms with E-state index < -0.39 is 40.8 Å². The first-order chi connectivity index (χ1) is 14.3. The Morgan fingerprint density at radius 1 is 1.33 bits per heavy atom. The number of hydrogen-bond donors (Lipinski definition) is 2. The van der Waals surface area contributed by atoms with Crippen molar-refractivity contribution in [3.8, 4) is 11.1 Å². The number of amides is 1. The summed E-state index contributed by atoms with van der Waals surface area (Å²) in [6, 6.07) is 3.20. The van der Waals surface area contributed by atoms with Crippen LogP contribution in [0, 0.1) is 11.7 Å². The molecule has 1 aliphatic rings. The third-order valence-corrected chi connectivity index (χ3v) is 5.44. The molecule has 3 heterocycles. The van der Waals surface area contributed by atoms with Crippen LogP contribution in [0.15, 0.2) is 30.7 Å². The summed E-state index contributed by atoms with van der Waals surface area (Å²) in [5, 5.41) is 8.51. The molecule has 0 saturated heterocycles. The Morgan fingerprint density at radius 3 is 2.80 bits per heavy atom. The van der Waals surface area contributed by atoms with Gasteiger partial charge in [-0.1, -0.05) is 11.6 Å². The largest absolute Gasteiger partial charge is 0.309 e. The molecule has 3 aromatic heterocycles. The highest BCUT2D eigenvalue weighted by Gasteiger charge is 2.43. The number of halogens is 5. The van der Waals surface area contributed by atoms with E-state index in [1.165, 1.54) is 12.4 Å². The number of pyridine rings is 1. The second-order valence-electron chi connectivity index (χ2n) is 7.03. The predicted molar refractivity (Wildman–Crippen MR) is 102 cm³/mol. The van der Waals surface area contributed by atoms with Crippen molar-refractivity contribution in [1.82, 2.24) is 19.6 Å². The summed E-state index contributed by atoms with van der Waals surface area (Å²) in [5.41, 5.74) is 0.120. The lowest BCUT2D eigenvalue weighted by Gasteiger charge is -2.12. The van der Waals surface area contributed by atoms with Gasteiger partial charge in [-0.25, -0.2) is 22.5 Å². The molecule has 0 radical (unpaired) electrons. The minimum absolute atomic E-state index is 0.134. The van der Waals surface area contributed by atoms with Gasteiger partial charge in [0.1, 0.15) is 11.8 Å². The number of nitrogens with one attached hydrogen (secondary N) is 2. The maximum Gasteiger partial charge on any atom is 0.268 e. The number of rotatable bonds is 4. The summed E-state index contributed by atoms with van der Waals surface area (Å²) in [4.78, 5) is 16.1. The number of carbonyl (C=O) groups is 1. The van der Waals surface area contributed by atoms with Crippen LogP contribution in [-0.2, 0) is 4.79 Å². The molecule has 2 atom stereocenters. The van der Waals surface area contributed by atoms with E-state index in [1.54, 1.807) is 22.7 Å². The summed E-state index contributed by atoms with van der Waals surface area (Å²) < 4.78 is 55.9. The Hall–Kier alpha value is -3.14. The van der Waals surface area contributed by atoms with Crippen molar-refractivity contribution in [1.29, 1.82) is 0 Å². The van der Waals surface area contributed by atoms with Gasteiger partial charge in [0.2, 0.25) is 5.91 Å². The lowest BCUT2D eigenvalue weighted by Crippen LogP contribution is -2.15. The van der Waals surface area contributed by atoms with E-state index in [0.29, 0.717) is 11.2 Å². The maximum atomic E-state index is 14.6. The molecular weight excluding hydrogens is 426 g/mol. The average molecular weight is 438 g/mol. The first-order valence-electron chi connectivity index (χ1n) is 8.91. The van der Waals surface area contributed by atoms with Gasteiger partial charge in [-0.3, -0.25) is 9.89 Å². The van der Waals surface area contributed by atoms with Gasteiger partial charge in [0.05, 0.1) is 34.4 Å². The molecule has 1 aliphatic carbocycles. The number of alkyl halides is 3. The maximum absolute atomic E-state index is 14.6. The number of imidazole rings is 1. The normalized spacial score (nSPS) is 18.5. The van der Waals surface area contributed by atoms with Crippen LogP contribution in [0.4, 0.5) is 23.4 Å². The Bertz CT molecular complexity index is 1320. The van der Waals surface area contributed by atoms with E-state index in [4.69, 9.17) is 11.6 Å². The highest BCUT2D eigenvalue weighted by molar-refractivity contribution is 6.35. The molecule has 1 aromatic carbocycles. The number of H-pyrrole nitrogens is 1. The zero-order valence-corrected chi connectivity index (χ0v) is 15.7. The van der Waals surface area contributed by atoms with Gasteiger partial charge in [-0.15, -0.1) is 0 Å². The summed E-state index contributed by atoms with van der Waals surface area (Å²) in [5.74, 6) is -2.09. The Kier molecular flexibility index (Phi) is 4.21. The van der Waals surface area contributed by atoms with E-state index in [1.807, 2.05) is 0 Å². The number of fused-ring (bicyclic) bond motifs is 2. The van der Waals surface area contributed by atoms with Crippen LogP contribution in [0.1, 0.15) is 18.4 Å². The SMILES string of the molecule is O=C(Nc1cn2cc(-c3c(Cl)c(F)c(C(F)F)c4[nH]ncc34)ccc2n1)[C@@H]1C[C@@H]1F. The molecule has 30 heavy (non-hydrogen) atoms. The first-order valence-corrected chi connectivity index (χ1v) is 9.29. The second-order valence-corrected chi connectivity index (χ2v) is 7.41. The molecule has 0 spiro atoms. The van der Waals surface area contributed by atoms with Crippen LogP contribution in [0.2, 0.25) is 5.02 Å². The molecule has 0 unspecified atom stereocenters. The van der Waals surface area contributed by atoms with Gasteiger partial charge in [0.15, 0.2) is 11.6 Å². The van der Waals surface area contributed by atoms with Crippen LogP contribution < -0.4 is 5.32 Å². The predicted octanol–water partition coefficient (Wildman–Crippen LogP) is 4.90. The van der Waals surface area contributed by atoms with Gasteiger partial charge in [0, 0.05) is 22.7 Å². The number of nitrogens with zero attached hydrogens (tertiary/aromatic N) is 3. The van der Waals surface area contributed by atoms with Crippen LogP contribution in [0.25, 0.3) is 27.7 Å². The molecule has 154 valence electrons. The Morgan fingerprint density at radius 2 is 2.10 bits per heavy atom. The van der Waals surface area contributed by atoms with Crippen molar-refractivity contribution in [2.75, 3.05) is 5.32 Å². The zero-order chi connectivity index (χ0) is 21.2. The summed E-state index contributed by atoms with van der Waals surface area (Å²) >= 11 is 6.13. The van der Waals surface area contributed by atoms with Crippen LogP contribution in [-0.4, -0.2) is 31.7 Å². The van der Waals surface area contributed by atoms with Crippen LogP contribution in [0.5, 0.6) is 0 Å². The van der Waals surface area contributed by atoms with Crippen molar-refractivity contribution in [2.45, 2.75) is 19.0 Å². The quantitative estimate of drug-likeness (QED) is 0.446. The third-order valence-electron chi connectivity index (χ3n) is 5.09. The lowest BCUT2D eigenvalue weighted by molar-refractivity contribution is -0.117. The topological polar surface area (TPSA) is 75.1 Å². The number of carbonyl (C=O) groups excluding carboxylic acids is 1.